The molecule has 5 nitrogen and oxygen atoms in total. The second-order valence-electron chi connectivity index (χ2n) is 6.18. The van der Waals surface area contributed by atoms with Crippen LogP contribution in [0.4, 0.5) is 4.39 Å². The van der Waals surface area contributed by atoms with Crippen molar-refractivity contribution in [1.82, 2.24) is 13.8 Å². The number of nitrogens with zero attached hydrogens (tertiary/aromatic N) is 3. The van der Waals surface area contributed by atoms with Crippen LogP contribution in [-0.4, -0.2) is 48.4 Å². The van der Waals surface area contributed by atoms with Crippen LogP contribution in [0.2, 0.25) is 0 Å². The summed E-state index contributed by atoms with van der Waals surface area (Å²) in [6.07, 6.45) is 3.36. The van der Waals surface area contributed by atoms with Gasteiger partial charge in [0.2, 0.25) is 10.0 Å². The van der Waals surface area contributed by atoms with E-state index in [1.54, 1.807) is 42.2 Å². The van der Waals surface area contributed by atoms with Crippen LogP contribution in [0.5, 0.6) is 0 Å². The number of hydrogen-bond donors (Lipinski definition) is 0. The molecule has 2 heterocycles. The molecule has 1 aliphatic rings. The van der Waals surface area contributed by atoms with Gasteiger partial charge in [-0.1, -0.05) is 12.1 Å². The highest BCUT2D eigenvalue weighted by Crippen LogP contribution is 2.24. The molecule has 1 aromatic heterocycles. The second-order valence-corrected chi connectivity index (χ2v) is 8.12. The first kappa shape index (κ1) is 17.1. The summed E-state index contributed by atoms with van der Waals surface area (Å²) < 4.78 is 41.6. The quantitative estimate of drug-likeness (QED) is 0.849. The van der Waals surface area contributed by atoms with Crippen LogP contribution in [0.3, 0.4) is 0 Å². The number of aryl methyl sites for hydroxylation is 1. The average molecular weight is 351 g/mol. The Balaban J connectivity index is 1.66. The van der Waals surface area contributed by atoms with Crippen molar-refractivity contribution in [3.05, 3.63) is 54.1 Å². The molecule has 0 N–H and O–H groups in total. The lowest BCUT2D eigenvalue weighted by Gasteiger charge is -2.37. The molecular formula is C17H22FN3O2S. The third kappa shape index (κ3) is 3.38. The molecule has 2 aromatic rings. The van der Waals surface area contributed by atoms with E-state index in [9.17, 15) is 12.8 Å². The summed E-state index contributed by atoms with van der Waals surface area (Å²) >= 11 is 0. The molecule has 1 fully saturated rings. The lowest BCUT2D eigenvalue weighted by Crippen LogP contribution is -2.49. The Kier molecular flexibility index (Phi) is 4.76. The molecule has 0 aliphatic carbocycles. The number of benzene rings is 1. The Morgan fingerprint density at radius 1 is 1.04 bits per heavy atom. The summed E-state index contributed by atoms with van der Waals surface area (Å²) in [4.78, 5) is 2.56. The fraction of sp³-hybridized carbons (Fsp3) is 0.412. The average Bonchev–Trinajstić information content (AvgIpc) is 3.02. The van der Waals surface area contributed by atoms with E-state index < -0.39 is 10.0 Å². The molecule has 3 rings (SSSR count). The summed E-state index contributed by atoms with van der Waals surface area (Å²) in [6, 6.07) is 8.25. The highest BCUT2D eigenvalue weighted by Gasteiger charge is 2.30. The van der Waals surface area contributed by atoms with E-state index in [2.05, 4.69) is 11.8 Å². The van der Waals surface area contributed by atoms with Gasteiger partial charge in [-0.25, -0.2) is 12.8 Å². The van der Waals surface area contributed by atoms with Gasteiger partial charge in [0.25, 0.3) is 0 Å². The molecule has 0 saturated carbocycles. The molecule has 130 valence electrons. The van der Waals surface area contributed by atoms with Crippen LogP contribution in [0.25, 0.3) is 0 Å². The third-order valence-electron chi connectivity index (χ3n) is 4.62. The lowest BCUT2D eigenvalue weighted by molar-refractivity contribution is 0.146. The van der Waals surface area contributed by atoms with Gasteiger partial charge in [0.1, 0.15) is 5.82 Å². The zero-order chi connectivity index (χ0) is 17.3. The first-order chi connectivity index (χ1) is 11.4. The fourth-order valence-corrected chi connectivity index (χ4v) is 4.54. The van der Waals surface area contributed by atoms with Crippen molar-refractivity contribution >= 4 is 10.0 Å². The summed E-state index contributed by atoms with van der Waals surface area (Å²) in [5, 5.41) is 0. The summed E-state index contributed by atoms with van der Waals surface area (Å²) in [6.45, 7) is 4.30. The number of halogens is 1. The first-order valence-corrected chi connectivity index (χ1v) is 9.43. The van der Waals surface area contributed by atoms with Gasteiger partial charge in [0.05, 0.1) is 4.90 Å². The van der Waals surface area contributed by atoms with Crippen LogP contribution in [0.1, 0.15) is 18.5 Å². The molecule has 1 aliphatic heterocycles. The highest BCUT2D eigenvalue weighted by molar-refractivity contribution is 7.89. The molecule has 0 amide bonds. The Morgan fingerprint density at radius 3 is 2.21 bits per heavy atom. The smallest absolute Gasteiger partial charge is 0.244 e. The van der Waals surface area contributed by atoms with Crippen molar-refractivity contribution in [1.29, 1.82) is 0 Å². The predicted octanol–water partition coefficient (Wildman–Crippen LogP) is 2.23. The van der Waals surface area contributed by atoms with E-state index in [0.717, 1.165) is 5.56 Å². The van der Waals surface area contributed by atoms with E-state index in [1.165, 1.54) is 16.4 Å². The number of hydrogen-bond acceptors (Lipinski definition) is 3. The summed E-state index contributed by atoms with van der Waals surface area (Å²) in [7, 11) is -1.62. The van der Waals surface area contributed by atoms with Crippen LogP contribution >= 0.6 is 0 Å². The SMILES string of the molecule is CC(c1ccc(F)cc1)N1CCN(S(=O)(=O)c2ccn(C)c2)CC1. The van der Waals surface area contributed by atoms with E-state index in [0.29, 0.717) is 31.1 Å². The highest BCUT2D eigenvalue weighted by atomic mass is 32.2. The number of rotatable bonds is 4. The fourth-order valence-electron chi connectivity index (χ4n) is 3.06. The first-order valence-electron chi connectivity index (χ1n) is 7.99. The molecule has 0 bridgehead atoms. The van der Waals surface area contributed by atoms with Crippen molar-refractivity contribution in [2.24, 2.45) is 7.05 Å². The maximum absolute atomic E-state index is 13.0. The van der Waals surface area contributed by atoms with Crippen molar-refractivity contribution in [2.45, 2.75) is 17.9 Å². The monoisotopic (exact) mass is 351 g/mol. The van der Waals surface area contributed by atoms with E-state index >= 15 is 0 Å². The minimum absolute atomic E-state index is 0.132. The van der Waals surface area contributed by atoms with Crippen LogP contribution in [0.15, 0.2) is 47.6 Å². The standard InChI is InChI=1S/C17H22FN3O2S/c1-14(15-3-5-16(18)6-4-15)20-9-11-21(12-10-20)24(22,23)17-7-8-19(2)13-17/h3-8,13-14H,9-12H2,1-2H3. The van der Waals surface area contributed by atoms with E-state index in [-0.39, 0.29) is 11.9 Å². The normalized spacial score (nSPS) is 18.6. The lowest BCUT2D eigenvalue weighted by atomic mass is 10.1. The molecule has 0 radical (unpaired) electrons. The van der Waals surface area contributed by atoms with Gasteiger partial charge in [-0.3, -0.25) is 4.90 Å². The van der Waals surface area contributed by atoms with Crippen molar-refractivity contribution < 1.29 is 12.8 Å². The van der Waals surface area contributed by atoms with Gasteiger partial charge in [-0.2, -0.15) is 4.31 Å². The van der Waals surface area contributed by atoms with Gasteiger partial charge in [-0.15, -0.1) is 0 Å². The van der Waals surface area contributed by atoms with Gasteiger partial charge in [-0.05, 0) is 30.7 Å². The third-order valence-corrected chi connectivity index (χ3v) is 6.50. The topological polar surface area (TPSA) is 45.6 Å². The van der Waals surface area contributed by atoms with Gasteiger partial charge < -0.3 is 4.57 Å². The Morgan fingerprint density at radius 2 is 1.67 bits per heavy atom. The Labute approximate surface area is 142 Å². The van der Waals surface area contributed by atoms with Gasteiger partial charge in [0.15, 0.2) is 0 Å². The summed E-state index contributed by atoms with van der Waals surface area (Å²) in [5.74, 6) is -0.246. The molecule has 24 heavy (non-hydrogen) atoms. The molecule has 1 atom stereocenters. The molecule has 1 saturated heterocycles. The van der Waals surface area contributed by atoms with Gasteiger partial charge >= 0.3 is 0 Å². The Bertz CT molecular complexity index is 793. The van der Waals surface area contributed by atoms with Crippen LogP contribution < -0.4 is 0 Å². The molecule has 7 heteroatoms. The molecule has 0 spiro atoms. The second kappa shape index (κ2) is 6.66. The van der Waals surface area contributed by atoms with Gasteiger partial charge in [0, 0.05) is 51.7 Å². The van der Waals surface area contributed by atoms with Crippen LogP contribution in [0, 0.1) is 5.82 Å². The van der Waals surface area contributed by atoms with Crippen molar-refractivity contribution in [2.75, 3.05) is 26.2 Å². The largest absolute Gasteiger partial charge is 0.356 e. The summed E-state index contributed by atoms with van der Waals surface area (Å²) in [5.41, 5.74) is 1.04. The number of sulfonamides is 1. The van der Waals surface area contributed by atoms with Crippen molar-refractivity contribution in [3.8, 4) is 0 Å². The van der Waals surface area contributed by atoms with Crippen molar-refractivity contribution in [3.63, 3.8) is 0 Å². The zero-order valence-corrected chi connectivity index (χ0v) is 14.7. The Hall–Kier alpha value is -1.70. The van der Waals surface area contributed by atoms with E-state index in [1.807, 2.05) is 0 Å². The van der Waals surface area contributed by atoms with Crippen LogP contribution in [-0.2, 0) is 17.1 Å². The minimum Gasteiger partial charge on any atom is -0.356 e. The maximum Gasteiger partial charge on any atom is 0.244 e. The number of piperazine rings is 1. The molecular weight excluding hydrogens is 329 g/mol. The predicted molar refractivity (Wildman–Crippen MR) is 90.6 cm³/mol. The molecule has 1 unspecified atom stereocenters. The van der Waals surface area contributed by atoms with E-state index in [4.69, 9.17) is 0 Å². The molecule has 1 aromatic carbocycles. The number of aromatic nitrogens is 1. The maximum atomic E-state index is 13.0. The minimum atomic E-state index is -3.42. The zero-order valence-electron chi connectivity index (χ0n) is 13.9.